The zero-order valence-corrected chi connectivity index (χ0v) is 16.2. The highest BCUT2D eigenvalue weighted by atomic mass is 16.5. The van der Waals surface area contributed by atoms with E-state index < -0.39 is 0 Å². The van der Waals surface area contributed by atoms with Crippen LogP contribution in [0.25, 0.3) is 0 Å². The first-order valence-corrected chi connectivity index (χ1v) is 9.29. The number of fused-ring (bicyclic) bond motifs is 1. The summed E-state index contributed by atoms with van der Waals surface area (Å²) in [6.45, 7) is 1.93. The van der Waals surface area contributed by atoms with Crippen LogP contribution in [0.5, 0.6) is 11.5 Å². The second kappa shape index (κ2) is 9.68. The van der Waals surface area contributed by atoms with E-state index in [9.17, 15) is 4.79 Å². The van der Waals surface area contributed by atoms with Gasteiger partial charge in [-0.3, -0.25) is 4.79 Å². The molecule has 2 N–H and O–H groups in total. The molecule has 0 fully saturated rings. The minimum atomic E-state index is -0.0780. The van der Waals surface area contributed by atoms with Crippen molar-refractivity contribution < 1.29 is 18.7 Å². The molecule has 1 amide bonds. The fourth-order valence-corrected chi connectivity index (χ4v) is 2.56. The summed E-state index contributed by atoms with van der Waals surface area (Å²) in [5, 5.41) is 6.46. The SMILES string of the molecule is CN(C)C(=O)CN=C(NCCc1ccco1)Nc1ccc2c(c1)OCCCO2. The van der Waals surface area contributed by atoms with E-state index in [2.05, 4.69) is 15.6 Å². The van der Waals surface area contributed by atoms with Crippen LogP contribution < -0.4 is 20.1 Å². The van der Waals surface area contributed by atoms with Crippen molar-refractivity contribution in [2.24, 2.45) is 4.99 Å². The number of benzene rings is 1. The number of rotatable bonds is 6. The summed E-state index contributed by atoms with van der Waals surface area (Å²) in [5.74, 6) is 2.74. The molecule has 0 saturated carbocycles. The Morgan fingerprint density at radius 3 is 2.75 bits per heavy atom. The van der Waals surface area contributed by atoms with Crippen molar-refractivity contribution in [3.05, 3.63) is 42.4 Å². The van der Waals surface area contributed by atoms with E-state index in [4.69, 9.17) is 13.9 Å². The molecule has 0 unspecified atom stereocenters. The third-order valence-electron chi connectivity index (χ3n) is 4.13. The number of carbonyl (C=O) groups excluding carboxylic acids is 1. The van der Waals surface area contributed by atoms with Crippen LogP contribution in [-0.2, 0) is 11.2 Å². The minimum Gasteiger partial charge on any atom is -0.490 e. The van der Waals surface area contributed by atoms with Crippen LogP contribution in [0.15, 0.2) is 46.0 Å². The predicted octanol–water partition coefficient (Wildman–Crippen LogP) is 2.13. The molecule has 0 spiro atoms. The van der Waals surface area contributed by atoms with E-state index in [0.29, 0.717) is 37.9 Å². The molecule has 1 aliphatic heterocycles. The summed E-state index contributed by atoms with van der Waals surface area (Å²) in [5.41, 5.74) is 0.797. The number of carbonyl (C=O) groups is 1. The van der Waals surface area contributed by atoms with Gasteiger partial charge in [0.2, 0.25) is 5.91 Å². The summed E-state index contributed by atoms with van der Waals surface area (Å²) in [6, 6.07) is 9.42. The van der Waals surface area contributed by atoms with Gasteiger partial charge in [0, 0.05) is 45.2 Å². The van der Waals surface area contributed by atoms with Crippen molar-refractivity contribution in [1.82, 2.24) is 10.2 Å². The van der Waals surface area contributed by atoms with Crippen molar-refractivity contribution in [2.75, 3.05) is 45.7 Å². The quantitative estimate of drug-likeness (QED) is 0.584. The molecule has 3 rings (SSSR count). The smallest absolute Gasteiger partial charge is 0.243 e. The summed E-state index contributed by atoms with van der Waals surface area (Å²) >= 11 is 0. The van der Waals surface area contributed by atoms with Crippen molar-refractivity contribution in [3.8, 4) is 11.5 Å². The van der Waals surface area contributed by atoms with Crippen LogP contribution in [0.3, 0.4) is 0 Å². The van der Waals surface area contributed by atoms with Gasteiger partial charge < -0.3 is 29.4 Å². The molecule has 150 valence electrons. The van der Waals surface area contributed by atoms with Crippen molar-refractivity contribution >= 4 is 17.6 Å². The van der Waals surface area contributed by atoms with E-state index in [1.54, 1.807) is 20.4 Å². The van der Waals surface area contributed by atoms with Crippen LogP contribution in [-0.4, -0.2) is 57.2 Å². The number of guanidine groups is 1. The van der Waals surface area contributed by atoms with Crippen LogP contribution in [0, 0.1) is 0 Å². The lowest BCUT2D eigenvalue weighted by Gasteiger charge is -2.15. The number of amides is 1. The highest BCUT2D eigenvalue weighted by Crippen LogP contribution is 2.32. The molecule has 28 heavy (non-hydrogen) atoms. The van der Waals surface area contributed by atoms with Gasteiger partial charge in [0.05, 0.1) is 19.5 Å². The number of nitrogens with one attached hydrogen (secondary N) is 2. The van der Waals surface area contributed by atoms with Gasteiger partial charge in [-0.2, -0.15) is 0 Å². The summed E-state index contributed by atoms with van der Waals surface area (Å²) in [7, 11) is 3.41. The molecule has 2 heterocycles. The molecular weight excluding hydrogens is 360 g/mol. The van der Waals surface area contributed by atoms with Gasteiger partial charge in [0.1, 0.15) is 12.3 Å². The molecule has 2 aromatic rings. The van der Waals surface area contributed by atoms with Gasteiger partial charge in [-0.1, -0.05) is 0 Å². The van der Waals surface area contributed by atoms with E-state index in [1.807, 2.05) is 30.3 Å². The standard InChI is InChI=1S/C20H26N4O4/c1-24(2)19(25)14-22-20(21-9-8-16-5-3-10-26-16)23-15-6-7-17-18(13-15)28-12-4-11-27-17/h3,5-7,10,13H,4,8-9,11-12,14H2,1-2H3,(H2,21,22,23). The molecule has 1 aromatic heterocycles. The van der Waals surface area contributed by atoms with Gasteiger partial charge in [-0.05, 0) is 24.3 Å². The van der Waals surface area contributed by atoms with Gasteiger partial charge in [-0.15, -0.1) is 0 Å². The Morgan fingerprint density at radius 2 is 2.00 bits per heavy atom. The maximum atomic E-state index is 11.9. The molecule has 1 aliphatic rings. The van der Waals surface area contributed by atoms with Crippen molar-refractivity contribution in [1.29, 1.82) is 0 Å². The summed E-state index contributed by atoms with van der Waals surface area (Å²) < 4.78 is 16.7. The molecule has 0 radical (unpaired) electrons. The molecule has 8 heteroatoms. The number of hydrogen-bond donors (Lipinski definition) is 2. The highest BCUT2D eigenvalue weighted by Gasteiger charge is 2.12. The number of aliphatic imine (C=N–C) groups is 1. The van der Waals surface area contributed by atoms with E-state index in [1.165, 1.54) is 4.90 Å². The Labute approximate surface area is 164 Å². The number of ether oxygens (including phenoxy) is 2. The van der Waals surface area contributed by atoms with Crippen molar-refractivity contribution in [2.45, 2.75) is 12.8 Å². The largest absolute Gasteiger partial charge is 0.490 e. The van der Waals surface area contributed by atoms with Crippen LogP contribution in [0.1, 0.15) is 12.2 Å². The second-order valence-electron chi connectivity index (χ2n) is 6.55. The Kier molecular flexibility index (Phi) is 6.78. The third kappa shape index (κ3) is 5.67. The molecule has 0 bridgehead atoms. The average Bonchev–Trinajstić information content (AvgIpc) is 3.09. The van der Waals surface area contributed by atoms with Gasteiger partial charge in [-0.25, -0.2) is 4.99 Å². The van der Waals surface area contributed by atoms with E-state index in [-0.39, 0.29) is 12.5 Å². The molecule has 1 aromatic carbocycles. The van der Waals surface area contributed by atoms with E-state index >= 15 is 0 Å². The molecule has 8 nitrogen and oxygen atoms in total. The Bertz CT molecular complexity index is 803. The van der Waals surface area contributed by atoms with Crippen molar-refractivity contribution in [3.63, 3.8) is 0 Å². The predicted molar refractivity (Wildman–Crippen MR) is 107 cm³/mol. The lowest BCUT2D eigenvalue weighted by Crippen LogP contribution is -2.34. The number of nitrogens with zero attached hydrogens (tertiary/aromatic N) is 2. The monoisotopic (exact) mass is 386 g/mol. The summed E-state index contributed by atoms with van der Waals surface area (Å²) in [4.78, 5) is 17.8. The van der Waals surface area contributed by atoms with Crippen LogP contribution in [0.2, 0.25) is 0 Å². The lowest BCUT2D eigenvalue weighted by molar-refractivity contribution is -0.127. The fraction of sp³-hybridized carbons (Fsp3) is 0.400. The van der Waals surface area contributed by atoms with Gasteiger partial charge in [0.25, 0.3) is 0 Å². The Hall–Kier alpha value is -3.16. The molecule has 0 aliphatic carbocycles. The fourth-order valence-electron chi connectivity index (χ4n) is 2.56. The van der Waals surface area contributed by atoms with Gasteiger partial charge in [0.15, 0.2) is 17.5 Å². The Balaban J connectivity index is 1.67. The second-order valence-corrected chi connectivity index (χ2v) is 6.55. The maximum absolute atomic E-state index is 11.9. The maximum Gasteiger partial charge on any atom is 0.243 e. The van der Waals surface area contributed by atoms with E-state index in [0.717, 1.165) is 23.6 Å². The topological polar surface area (TPSA) is 88.3 Å². The Morgan fingerprint density at radius 1 is 1.18 bits per heavy atom. The van der Waals surface area contributed by atoms with Gasteiger partial charge >= 0.3 is 0 Å². The normalized spacial score (nSPS) is 13.6. The number of furan rings is 1. The molecule has 0 atom stereocenters. The number of hydrogen-bond acceptors (Lipinski definition) is 5. The first-order valence-electron chi connectivity index (χ1n) is 9.29. The highest BCUT2D eigenvalue weighted by molar-refractivity contribution is 5.95. The zero-order chi connectivity index (χ0) is 19.8. The zero-order valence-electron chi connectivity index (χ0n) is 16.2. The molecule has 0 saturated heterocycles. The summed E-state index contributed by atoms with van der Waals surface area (Å²) in [6.07, 6.45) is 3.21. The minimum absolute atomic E-state index is 0.0492. The first-order chi connectivity index (χ1) is 13.6. The van der Waals surface area contributed by atoms with Crippen LogP contribution >= 0.6 is 0 Å². The average molecular weight is 386 g/mol. The lowest BCUT2D eigenvalue weighted by atomic mass is 10.2. The first kappa shape index (κ1) is 19.6. The number of anilines is 1. The number of likely N-dealkylation sites (N-methyl/N-ethyl adjacent to an activating group) is 1. The molecular formula is C20H26N4O4. The third-order valence-corrected chi connectivity index (χ3v) is 4.13. The van der Waals surface area contributed by atoms with Crippen LogP contribution in [0.4, 0.5) is 5.69 Å².